The van der Waals surface area contributed by atoms with Crippen molar-refractivity contribution in [2.45, 2.75) is 20.0 Å². The second-order valence-corrected chi connectivity index (χ2v) is 7.62. The number of aryl methyl sites for hydroxylation is 1. The summed E-state index contributed by atoms with van der Waals surface area (Å²) in [6, 6.07) is 10.1. The average molecular weight is 471 g/mol. The summed E-state index contributed by atoms with van der Waals surface area (Å²) < 4.78 is 11.7. The first kappa shape index (κ1) is 19.7. The summed E-state index contributed by atoms with van der Waals surface area (Å²) in [6.45, 7) is 3.22. The van der Waals surface area contributed by atoms with E-state index in [1.54, 1.807) is 25.1 Å². The fraction of sp³-hybridized carbons (Fsp3) is 0.158. The third kappa shape index (κ3) is 4.29. The minimum absolute atomic E-state index is 0.0623. The lowest BCUT2D eigenvalue weighted by Crippen LogP contribution is -2.30. The highest BCUT2D eigenvalue weighted by molar-refractivity contribution is 9.10. The lowest BCUT2D eigenvalue weighted by molar-refractivity contribution is -0.123. The molecule has 1 unspecified atom stereocenters. The van der Waals surface area contributed by atoms with E-state index in [0.29, 0.717) is 21.9 Å². The fourth-order valence-corrected chi connectivity index (χ4v) is 3.30. The second-order valence-electron chi connectivity index (χ2n) is 5.86. The van der Waals surface area contributed by atoms with Crippen LogP contribution in [0.1, 0.15) is 23.0 Å². The molecule has 3 rings (SSSR count). The Kier molecular flexibility index (Phi) is 5.79. The molecular formula is C19H14BrCl2NO4. The molecule has 0 saturated carbocycles. The SMILES string of the molecule is Cc1c(C(=O)OC(C)C(=O)Nc2ccc(Cl)cc2Cl)oc2ccc(Br)cc12. The maximum Gasteiger partial charge on any atom is 0.375 e. The number of carbonyl (C=O) groups is 2. The van der Waals surface area contributed by atoms with Crippen molar-refractivity contribution in [3.8, 4) is 0 Å². The van der Waals surface area contributed by atoms with Gasteiger partial charge in [-0.05, 0) is 50.2 Å². The third-order valence-electron chi connectivity index (χ3n) is 3.93. The monoisotopic (exact) mass is 469 g/mol. The van der Waals surface area contributed by atoms with Gasteiger partial charge in [-0.25, -0.2) is 4.79 Å². The van der Waals surface area contributed by atoms with Crippen LogP contribution in [-0.4, -0.2) is 18.0 Å². The number of furan rings is 1. The number of benzene rings is 2. The van der Waals surface area contributed by atoms with Crippen molar-refractivity contribution in [1.29, 1.82) is 0 Å². The van der Waals surface area contributed by atoms with Gasteiger partial charge in [0.2, 0.25) is 5.76 Å². The number of halogens is 3. The van der Waals surface area contributed by atoms with Crippen LogP contribution in [0.3, 0.4) is 0 Å². The molecule has 1 aromatic heterocycles. The van der Waals surface area contributed by atoms with E-state index in [1.807, 2.05) is 12.1 Å². The van der Waals surface area contributed by atoms with Crippen LogP contribution in [0.2, 0.25) is 10.0 Å². The molecule has 1 amide bonds. The highest BCUT2D eigenvalue weighted by atomic mass is 79.9. The Morgan fingerprint density at radius 1 is 1.19 bits per heavy atom. The van der Waals surface area contributed by atoms with Crippen molar-refractivity contribution in [3.63, 3.8) is 0 Å². The number of amides is 1. The molecule has 27 heavy (non-hydrogen) atoms. The number of hydrogen-bond donors (Lipinski definition) is 1. The summed E-state index contributed by atoms with van der Waals surface area (Å²) in [4.78, 5) is 24.7. The van der Waals surface area contributed by atoms with Crippen molar-refractivity contribution >= 4 is 67.7 Å². The maximum atomic E-state index is 12.4. The van der Waals surface area contributed by atoms with Crippen LogP contribution in [0.4, 0.5) is 5.69 Å². The van der Waals surface area contributed by atoms with E-state index in [4.69, 9.17) is 32.4 Å². The zero-order valence-corrected chi connectivity index (χ0v) is 17.4. The molecule has 0 spiro atoms. The first-order valence-corrected chi connectivity index (χ1v) is 9.46. The van der Waals surface area contributed by atoms with E-state index in [0.717, 1.165) is 9.86 Å². The molecular weight excluding hydrogens is 457 g/mol. The first-order chi connectivity index (χ1) is 12.8. The van der Waals surface area contributed by atoms with Crippen LogP contribution in [-0.2, 0) is 9.53 Å². The van der Waals surface area contributed by atoms with Gasteiger partial charge < -0.3 is 14.5 Å². The number of ether oxygens (including phenoxy) is 1. The molecule has 1 N–H and O–H groups in total. The lowest BCUT2D eigenvalue weighted by Gasteiger charge is -2.14. The quantitative estimate of drug-likeness (QED) is 0.475. The summed E-state index contributed by atoms with van der Waals surface area (Å²) in [5.74, 6) is -1.18. The van der Waals surface area contributed by atoms with Gasteiger partial charge in [-0.1, -0.05) is 39.1 Å². The van der Waals surface area contributed by atoms with Gasteiger partial charge in [0.05, 0.1) is 10.7 Å². The minimum atomic E-state index is -1.05. The Labute approximate surface area is 173 Å². The summed E-state index contributed by atoms with van der Waals surface area (Å²) in [7, 11) is 0. The number of fused-ring (bicyclic) bond motifs is 1. The summed E-state index contributed by atoms with van der Waals surface area (Å²) in [6.07, 6.45) is -1.05. The Bertz CT molecular complexity index is 1050. The smallest absolute Gasteiger partial charge is 0.375 e. The van der Waals surface area contributed by atoms with Crippen molar-refractivity contribution in [2.75, 3.05) is 5.32 Å². The van der Waals surface area contributed by atoms with Crippen molar-refractivity contribution in [1.82, 2.24) is 0 Å². The maximum absolute atomic E-state index is 12.4. The number of hydrogen-bond acceptors (Lipinski definition) is 4. The molecule has 0 aliphatic heterocycles. The lowest BCUT2D eigenvalue weighted by atomic mass is 10.1. The van der Waals surface area contributed by atoms with Gasteiger partial charge in [-0.2, -0.15) is 0 Å². The fourth-order valence-electron chi connectivity index (χ4n) is 2.48. The van der Waals surface area contributed by atoms with Crippen LogP contribution < -0.4 is 5.32 Å². The summed E-state index contributed by atoms with van der Waals surface area (Å²) in [5, 5.41) is 4.13. The van der Waals surface area contributed by atoms with Gasteiger partial charge in [0.1, 0.15) is 5.58 Å². The summed E-state index contributed by atoms with van der Waals surface area (Å²) >= 11 is 15.2. The molecule has 0 aliphatic carbocycles. The topological polar surface area (TPSA) is 68.5 Å². The van der Waals surface area contributed by atoms with Crippen molar-refractivity contribution in [3.05, 3.63) is 62.2 Å². The number of esters is 1. The standard InChI is InChI=1S/C19H14BrCl2NO4/c1-9-13-7-11(20)3-6-16(13)27-17(9)19(25)26-10(2)18(24)23-15-5-4-12(21)8-14(15)22/h3-8,10H,1-2H3,(H,23,24). The Hall–Kier alpha value is -2.02. The molecule has 1 atom stereocenters. The van der Waals surface area contributed by atoms with Crippen molar-refractivity contribution < 1.29 is 18.7 Å². The van der Waals surface area contributed by atoms with Crippen LogP contribution >= 0.6 is 39.1 Å². The average Bonchev–Trinajstić information content (AvgIpc) is 2.93. The van der Waals surface area contributed by atoms with E-state index < -0.39 is 18.0 Å². The molecule has 8 heteroatoms. The van der Waals surface area contributed by atoms with Gasteiger partial charge in [-0.15, -0.1) is 0 Å². The number of carbonyl (C=O) groups excluding carboxylic acids is 2. The van der Waals surface area contributed by atoms with Crippen LogP contribution in [0, 0.1) is 6.92 Å². The Morgan fingerprint density at radius 2 is 1.93 bits per heavy atom. The summed E-state index contributed by atoms with van der Waals surface area (Å²) in [5.41, 5.74) is 1.58. The molecule has 0 saturated heterocycles. The molecule has 0 bridgehead atoms. The molecule has 1 heterocycles. The van der Waals surface area contributed by atoms with E-state index >= 15 is 0 Å². The molecule has 3 aromatic rings. The van der Waals surface area contributed by atoms with Gasteiger partial charge in [0, 0.05) is 20.4 Å². The van der Waals surface area contributed by atoms with Crippen LogP contribution in [0.15, 0.2) is 45.3 Å². The zero-order valence-electron chi connectivity index (χ0n) is 14.3. The molecule has 0 radical (unpaired) electrons. The van der Waals surface area contributed by atoms with E-state index in [2.05, 4.69) is 21.2 Å². The highest BCUT2D eigenvalue weighted by Crippen LogP contribution is 2.29. The molecule has 5 nitrogen and oxygen atoms in total. The number of rotatable bonds is 4. The molecule has 0 fully saturated rings. The Balaban J connectivity index is 1.73. The van der Waals surface area contributed by atoms with E-state index in [9.17, 15) is 9.59 Å². The normalized spacial score (nSPS) is 12.0. The number of nitrogens with one attached hydrogen (secondary N) is 1. The van der Waals surface area contributed by atoms with Gasteiger partial charge in [0.15, 0.2) is 6.10 Å². The van der Waals surface area contributed by atoms with Gasteiger partial charge in [0.25, 0.3) is 5.91 Å². The van der Waals surface area contributed by atoms with E-state index in [-0.39, 0.29) is 10.8 Å². The second kappa shape index (κ2) is 7.92. The van der Waals surface area contributed by atoms with Crippen molar-refractivity contribution in [2.24, 2.45) is 0 Å². The zero-order chi connectivity index (χ0) is 19.7. The largest absolute Gasteiger partial charge is 0.449 e. The minimum Gasteiger partial charge on any atom is -0.449 e. The van der Waals surface area contributed by atoms with Crippen LogP contribution in [0.5, 0.6) is 0 Å². The van der Waals surface area contributed by atoms with Crippen LogP contribution in [0.25, 0.3) is 11.0 Å². The third-order valence-corrected chi connectivity index (χ3v) is 4.97. The first-order valence-electron chi connectivity index (χ1n) is 7.92. The van der Waals surface area contributed by atoms with Gasteiger partial charge in [-0.3, -0.25) is 4.79 Å². The molecule has 2 aromatic carbocycles. The van der Waals surface area contributed by atoms with E-state index in [1.165, 1.54) is 13.0 Å². The predicted octanol–water partition coefficient (Wildman–Crippen LogP) is 5.99. The van der Waals surface area contributed by atoms with Gasteiger partial charge >= 0.3 is 5.97 Å². The number of anilines is 1. The highest BCUT2D eigenvalue weighted by Gasteiger charge is 2.24. The molecule has 0 aliphatic rings. The Morgan fingerprint density at radius 3 is 2.63 bits per heavy atom. The predicted molar refractivity (Wildman–Crippen MR) is 109 cm³/mol. The molecule has 140 valence electrons.